The van der Waals surface area contributed by atoms with Gasteiger partial charge in [-0.15, -0.1) is 11.3 Å². The molecule has 1 unspecified atom stereocenters. The number of hydrogen-bond acceptors (Lipinski definition) is 2. The lowest BCUT2D eigenvalue weighted by Gasteiger charge is -2.16. The first-order valence-corrected chi connectivity index (χ1v) is 9.65. The zero-order valence-corrected chi connectivity index (χ0v) is 16.4. The van der Waals surface area contributed by atoms with E-state index in [0.29, 0.717) is 11.8 Å². The summed E-state index contributed by atoms with van der Waals surface area (Å²) in [5.41, 5.74) is 3.03. The van der Waals surface area contributed by atoms with Gasteiger partial charge >= 0.3 is 0 Å². The second-order valence-electron chi connectivity index (χ2n) is 6.86. The zero-order chi connectivity index (χ0) is 18.1. The molecule has 0 saturated carbocycles. The average Bonchev–Trinajstić information content (AvgIpc) is 3.22. The van der Waals surface area contributed by atoms with Crippen LogP contribution in [0, 0.1) is 5.82 Å². The van der Waals surface area contributed by atoms with Crippen LogP contribution in [0.5, 0.6) is 0 Å². The molecule has 1 atom stereocenters. The van der Waals surface area contributed by atoms with Crippen LogP contribution in [0.25, 0.3) is 0 Å². The predicted octanol–water partition coefficient (Wildman–Crippen LogP) is 6.69. The summed E-state index contributed by atoms with van der Waals surface area (Å²) in [5.74, 6) is 0.337. The molecule has 0 radical (unpaired) electrons. The number of thiophene rings is 1. The van der Waals surface area contributed by atoms with Gasteiger partial charge in [0.25, 0.3) is 0 Å². The molecule has 0 amide bonds. The van der Waals surface area contributed by atoms with E-state index < -0.39 is 5.82 Å². The minimum atomic E-state index is -0.395. The van der Waals surface area contributed by atoms with E-state index in [1.54, 1.807) is 29.9 Å². The molecule has 3 aromatic rings. The van der Waals surface area contributed by atoms with E-state index in [4.69, 9.17) is 11.6 Å². The maximum Gasteiger partial charge on any atom is 0.142 e. The van der Waals surface area contributed by atoms with Gasteiger partial charge in [0.2, 0.25) is 0 Å². The van der Waals surface area contributed by atoms with E-state index in [2.05, 4.69) is 43.7 Å². The van der Waals surface area contributed by atoms with Crippen LogP contribution >= 0.6 is 22.9 Å². The summed E-state index contributed by atoms with van der Waals surface area (Å²) < 4.78 is 14.1. The van der Waals surface area contributed by atoms with Gasteiger partial charge in [-0.1, -0.05) is 51.4 Å². The van der Waals surface area contributed by atoms with Gasteiger partial charge in [-0.05, 0) is 35.1 Å². The standard InChI is InChI=1S/C20H22ClFN2S/c1-11(2)14-8-17(25-20(14)12(3)4)18(16-9-23-10-24-16)13-6-5-7-15(22)19(13)21/h5-12,18H,1-4H3,(H,23,24). The van der Waals surface area contributed by atoms with Crippen molar-refractivity contribution < 1.29 is 4.39 Å². The Balaban J connectivity index is 2.20. The van der Waals surface area contributed by atoms with Crippen LogP contribution in [-0.2, 0) is 0 Å². The molecule has 132 valence electrons. The third-order valence-corrected chi connectivity index (χ3v) is 6.28. The molecular formula is C20H22ClFN2S. The lowest BCUT2D eigenvalue weighted by molar-refractivity contribution is 0.625. The van der Waals surface area contributed by atoms with Gasteiger partial charge in [0.15, 0.2) is 0 Å². The van der Waals surface area contributed by atoms with Crippen molar-refractivity contribution in [2.75, 3.05) is 0 Å². The van der Waals surface area contributed by atoms with Gasteiger partial charge in [0.1, 0.15) is 5.82 Å². The number of H-pyrrole nitrogens is 1. The molecule has 0 aliphatic rings. The van der Waals surface area contributed by atoms with Crippen LogP contribution in [0.2, 0.25) is 5.02 Å². The van der Waals surface area contributed by atoms with Gasteiger partial charge in [0, 0.05) is 21.6 Å². The van der Waals surface area contributed by atoms with Crippen LogP contribution in [0.3, 0.4) is 0 Å². The molecule has 0 aliphatic carbocycles. The van der Waals surface area contributed by atoms with Crippen molar-refractivity contribution in [3.05, 3.63) is 74.2 Å². The summed E-state index contributed by atoms with van der Waals surface area (Å²) >= 11 is 8.10. The summed E-state index contributed by atoms with van der Waals surface area (Å²) in [6, 6.07) is 7.24. The zero-order valence-electron chi connectivity index (χ0n) is 14.8. The fourth-order valence-electron chi connectivity index (χ4n) is 3.13. The molecule has 2 aromatic heterocycles. The Labute approximate surface area is 157 Å². The first kappa shape index (κ1) is 18.2. The minimum Gasteiger partial charge on any atom is -0.348 e. The minimum absolute atomic E-state index is 0.152. The molecule has 5 heteroatoms. The highest BCUT2D eigenvalue weighted by molar-refractivity contribution is 7.12. The monoisotopic (exact) mass is 376 g/mol. The highest BCUT2D eigenvalue weighted by Gasteiger charge is 2.26. The van der Waals surface area contributed by atoms with E-state index in [1.807, 2.05) is 6.07 Å². The maximum atomic E-state index is 14.1. The smallest absolute Gasteiger partial charge is 0.142 e. The maximum absolute atomic E-state index is 14.1. The van der Waals surface area contributed by atoms with Crippen molar-refractivity contribution in [3.8, 4) is 0 Å². The number of benzene rings is 1. The Morgan fingerprint density at radius 2 is 1.88 bits per heavy atom. The van der Waals surface area contributed by atoms with Crippen molar-refractivity contribution in [2.45, 2.75) is 45.4 Å². The van der Waals surface area contributed by atoms with Gasteiger partial charge < -0.3 is 4.98 Å². The summed E-state index contributed by atoms with van der Waals surface area (Å²) in [6.07, 6.45) is 3.44. The molecule has 1 aromatic carbocycles. The van der Waals surface area contributed by atoms with Crippen molar-refractivity contribution >= 4 is 22.9 Å². The number of aromatic nitrogens is 2. The molecule has 25 heavy (non-hydrogen) atoms. The lowest BCUT2D eigenvalue weighted by Crippen LogP contribution is -2.04. The highest BCUT2D eigenvalue weighted by Crippen LogP contribution is 2.43. The van der Waals surface area contributed by atoms with Crippen LogP contribution in [-0.4, -0.2) is 9.97 Å². The van der Waals surface area contributed by atoms with Crippen molar-refractivity contribution in [2.24, 2.45) is 0 Å². The van der Waals surface area contributed by atoms with Crippen molar-refractivity contribution in [3.63, 3.8) is 0 Å². The Morgan fingerprint density at radius 1 is 1.12 bits per heavy atom. The van der Waals surface area contributed by atoms with E-state index in [1.165, 1.54) is 16.5 Å². The van der Waals surface area contributed by atoms with Gasteiger partial charge in [0.05, 0.1) is 17.3 Å². The van der Waals surface area contributed by atoms with Crippen molar-refractivity contribution in [1.82, 2.24) is 9.97 Å². The van der Waals surface area contributed by atoms with E-state index in [-0.39, 0.29) is 10.9 Å². The van der Waals surface area contributed by atoms with Gasteiger partial charge in [-0.2, -0.15) is 0 Å². The van der Waals surface area contributed by atoms with E-state index >= 15 is 0 Å². The molecular weight excluding hydrogens is 355 g/mol. The summed E-state index contributed by atoms with van der Waals surface area (Å²) in [6.45, 7) is 8.83. The molecule has 0 aliphatic heterocycles. The molecule has 0 spiro atoms. The van der Waals surface area contributed by atoms with Gasteiger partial charge in [-0.3, -0.25) is 0 Å². The third-order valence-electron chi connectivity index (χ3n) is 4.36. The Hall–Kier alpha value is -1.65. The van der Waals surface area contributed by atoms with Gasteiger partial charge in [-0.25, -0.2) is 9.37 Å². The third kappa shape index (κ3) is 3.51. The fourth-order valence-corrected chi connectivity index (χ4v) is 4.82. The van der Waals surface area contributed by atoms with Crippen LogP contribution in [0.4, 0.5) is 4.39 Å². The van der Waals surface area contributed by atoms with Crippen LogP contribution in [0.15, 0.2) is 36.8 Å². The normalized spacial score (nSPS) is 13.0. The van der Waals surface area contributed by atoms with E-state index in [9.17, 15) is 4.39 Å². The molecule has 2 nitrogen and oxygen atoms in total. The topological polar surface area (TPSA) is 28.7 Å². The number of halogens is 2. The Morgan fingerprint density at radius 3 is 2.44 bits per heavy atom. The summed E-state index contributed by atoms with van der Waals surface area (Å²) in [4.78, 5) is 9.87. The Kier molecular flexibility index (Phi) is 5.30. The summed E-state index contributed by atoms with van der Waals surface area (Å²) in [5, 5.41) is 0.174. The molecule has 3 rings (SSSR count). The van der Waals surface area contributed by atoms with Crippen molar-refractivity contribution in [1.29, 1.82) is 0 Å². The second kappa shape index (κ2) is 7.30. The SMILES string of the molecule is CC(C)c1cc(C(c2cnc[nH]2)c2cccc(F)c2Cl)sc1C(C)C. The number of nitrogens with zero attached hydrogens (tertiary/aromatic N) is 1. The largest absolute Gasteiger partial charge is 0.348 e. The van der Waals surface area contributed by atoms with Crippen LogP contribution in [0.1, 0.15) is 72.0 Å². The molecule has 0 bridgehead atoms. The first-order chi connectivity index (χ1) is 11.9. The number of hydrogen-bond donors (Lipinski definition) is 1. The number of imidazole rings is 1. The number of rotatable bonds is 5. The first-order valence-electron chi connectivity index (χ1n) is 8.45. The molecule has 0 fully saturated rings. The predicted molar refractivity (Wildman–Crippen MR) is 103 cm³/mol. The molecule has 2 heterocycles. The number of nitrogens with one attached hydrogen (secondary N) is 1. The highest BCUT2D eigenvalue weighted by atomic mass is 35.5. The quantitative estimate of drug-likeness (QED) is 0.527. The van der Waals surface area contributed by atoms with Crippen LogP contribution < -0.4 is 0 Å². The van der Waals surface area contributed by atoms with E-state index in [0.717, 1.165) is 16.1 Å². The average molecular weight is 377 g/mol. The second-order valence-corrected chi connectivity index (χ2v) is 8.35. The fraction of sp³-hybridized carbons (Fsp3) is 0.350. The number of aromatic amines is 1. The summed E-state index contributed by atoms with van der Waals surface area (Å²) in [7, 11) is 0. The Bertz CT molecular complexity index is 827. The lowest BCUT2D eigenvalue weighted by atomic mass is 9.92. The molecule has 1 N–H and O–H groups in total. The molecule has 0 saturated heterocycles.